The molecule has 0 spiro atoms. The van der Waals surface area contributed by atoms with Gasteiger partial charge in [-0.05, 0) is 57.1 Å². The molecule has 1 aromatic carbocycles. The third-order valence-corrected chi connectivity index (χ3v) is 6.64. The topological polar surface area (TPSA) is 55.2 Å². The van der Waals surface area contributed by atoms with Crippen molar-refractivity contribution in [1.82, 2.24) is 14.5 Å². The van der Waals surface area contributed by atoms with E-state index in [0.717, 1.165) is 24.3 Å². The zero-order chi connectivity index (χ0) is 19.5. The van der Waals surface area contributed by atoms with E-state index >= 15 is 0 Å². The van der Waals surface area contributed by atoms with Crippen LogP contribution in [0.3, 0.4) is 0 Å². The zero-order valence-electron chi connectivity index (χ0n) is 16.9. The zero-order valence-corrected chi connectivity index (χ0v) is 16.9. The first kappa shape index (κ1) is 19.2. The Labute approximate surface area is 166 Å². The molecule has 1 saturated carbocycles. The van der Waals surface area contributed by atoms with Gasteiger partial charge in [0, 0.05) is 25.6 Å². The van der Waals surface area contributed by atoms with Gasteiger partial charge in [0.25, 0.3) is 5.56 Å². The van der Waals surface area contributed by atoms with E-state index in [1.807, 2.05) is 31.2 Å². The molecule has 150 valence electrons. The van der Waals surface area contributed by atoms with Crippen molar-refractivity contribution in [2.75, 3.05) is 6.54 Å². The van der Waals surface area contributed by atoms with Crippen molar-refractivity contribution in [3.05, 3.63) is 40.4 Å². The number of rotatable bonds is 5. The van der Waals surface area contributed by atoms with Crippen LogP contribution in [-0.2, 0) is 11.3 Å². The Bertz CT molecular complexity index is 898. The van der Waals surface area contributed by atoms with E-state index in [1.54, 1.807) is 4.57 Å². The molecular formula is C23H31N3O2. The highest BCUT2D eigenvalue weighted by atomic mass is 16.2. The lowest BCUT2D eigenvalue weighted by atomic mass is 9.83. The SMILES string of the molecule is Cc1nc2ccccc2c(=O)n1CCCC(=O)N1CCC[C@H]1C1CCCCC1. The maximum Gasteiger partial charge on any atom is 0.261 e. The van der Waals surface area contributed by atoms with Crippen LogP contribution in [-0.4, -0.2) is 32.9 Å². The normalized spacial score (nSPS) is 20.8. The van der Waals surface area contributed by atoms with Gasteiger partial charge in [-0.15, -0.1) is 0 Å². The van der Waals surface area contributed by atoms with Gasteiger partial charge < -0.3 is 4.90 Å². The second kappa shape index (κ2) is 8.46. The van der Waals surface area contributed by atoms with E-state index in [1.165, 1.54) is 38.5 Å². The van der Waals surface area contributed by atoms with Gasteiger partial charge in [-0.1, -0.05) is 31.4 Å². The Morgan fingerprint density at radius 1 is 1.11 bits per heavy atom. The maximum atomic E-state index is 12.9. The van der Waals surface area contributed by atoms with Crippen LogP contribution in [0.1, 0.15) is 63.6 Å². The maximum absolute atomic E-state index is 12.9. The summed E-state index contributed by atoms with van der Waals surface area (Å²) < 4.78 is 1.72. The summed E-state index contributed by atoms with van der Waals surface area (Å²) in [5, 5.41) is 0.649. The molecular weight excluding hydrogens is 350 g/mol. The average Bonchev–Trinajstić information content (AvgIpc) is 3.21. The number of likely N-dealkylation sites (tertiary alicyclic amines) is 1. The highest BCUT2D eigenvalue weighted by Crippen LogP contribution is 2.34. The van der Waals surface area contributed by atoms with Crippen LogP contribution in [0.2, 0.25) is 0 Å². The van der Waals surface area contributed by atoms with Crippen LogP contribution in [0.4, 0.5) is 0 Å². The quantitative estimate of drug-likeness (QED) is 0.785. The number of fused-ring (bicyclic) bond motifs is 1. The molecule has 2 heterocycles. The summed E-state index contributed by atoms with van der Waals surface area (Å²) in [7, 11) is 0. The van der Waals surface area contributed by atoms with Gasteiger partial charge in [-0.2, -0.15) is 0 Å². The third kappa shape index (κ3) is 3.85. The molecule has 1 amide bonds. The number of hydrogen-bond acceptors (Lipinski definition) is 3. The monoisotopic (exact) mass is 381 g/mol. The summed E-state index contributed by atoms with van der Waals surface area (Å²) in [5.41, 5.74) is 0.738. The molecule has 0 bridgehead atoms. The fraction of sp³-hybridized carbons (Fsp3) is 0.609. The second-order valence-corrected chi connectivity index (χ2v) is 8.43. The summed E-state index contributed by atoms with van der Waals surface area (Å²) in [6.45, 7) is 3.34. The molecule has 5 heteroatoms. The molecule has 4 rings (SSSR count). The standard InChI is InChI=1S/C23H31N3O2/c1-17-24-20-12-6-5-11-19(20)23(28)25(17)15-8-14-22(27)26-16-7-13-21(26)18-9-3-2-4-10-18/h5-6,11-12,18,21H,2-4,7-10,13-16H2,1H3/t21-/m0/s1. The minimum absolute atomic E-state index is 0.00296. The number of aromatic nitrogens is 2. The Hall–Kier alpha value is -2.17. The van der Waals surface area contributed by atoms with Gasteiger partial charge in [-0.3, -0.25) is 14.2 Å². The Kier molecular flexibility index (Phi) is 5.79. The molecule has 28 heavy (non-hydrogen) atoms. The van der Waals surface area contributed by atoms with Crippen molar-refractivity contribution in [1.29, 1.82) is 0 Å². The Balaban J connectivity index is 1.39. The van der Waals surface area contributed by atoms with Crippen LogP contribution in [0.25, 0.3) is 10.9 Å². The number of para-hydroxylation sites is 1. The molecule has 0 radical (unpaired) electrons. The van der Waals surface area contributed by atoms with Crippen LogP contribution in [0.15, 0.2) is 29.1 Å². The number of amides is 1. The molecule has 2 fully saturated rings. The Morgan fingerprint density at radius 2 is 1.89 bits per heavy atom. The molecule has 0 N–H and O–H groups in total. The molecule has 1 atom stereocenters. The minimum Gasteiger partial charge on any atom is -0.339 e. The lowest BCUT2D eigenvalue weighted by molar-refractivity contribution is -0.133. The van der Waals surface area contributed by atoms with E-state index in [9.17, 15) is 9.59 Å². The number of hydrogen-bond donors (Lipinski definition) is 0. The predicted octanol–water partition coefficient (Wildman–Crippen LogP) is 4.06. The number of carbonyl (C=O) groups excluding carboxylic acids is 1. The summed E-state index contributed by atoms with van der Waals surface area (Å²) in [5.74, 6) is 1.69. The largest absolute Gasteiger partial charge is 0.339 e. The fourth-order valence-electron chi connectivity index (χ4n) is 5.19. The van der Waals surface area contributed by atoms with Crippen molar-refractivity contribution >= 4 is 16.8 Å². The van der Waals surface area contributed by atoms with Crippen molar-refractivity contribution in [3.63, 3.8) is 0 Å². The van der Waals surface area contributed by atoms with Crippen LogP contribution in [0.5, 0.6) is 0 Å². The van der Waals surface area contributed by atoms with Crippen molar-refractivity contribution in [2.45, 2.75) is 77.3 Å². The molecule has 1 aromatic heterocycles. The van der Waals surface area contributed by atoms with Crippen LogP contribution in [0, 0.1) is 12.8 Å². The number of nitrogens with zero attached hydrogens (tertiary/aromatic N) is 3. The third-order valence-electron chi connectivity index (χ3n) is 6.64. The van der Waals surface area contributed by atoms with Crippen LogP contribution >= 0.6 is 0 Å². The Morgan fingerprint density at radius 3 is 2.71 bits per heavy atom. The number of carbonyl (C=O) groups is 1. The molecule has 1 aliphatic heterocycles. The van der Waals surface area contributed by atoms with E-state index in [4.69, 9.17) is 0 Å². The van der Waals surface area contributed by atoms with E-state index in [-0.39, 0.29) is 11.5 Å². The van der Waals surface area contributed by atoms with Gasteiger partial charge in [0.2, 0.25) is 5.91 Å². The van der Waals surface area contributed by atoms with Gasteiger partial charge in [0.15, 0.2) is 0 Å². The smallest absolute Gasteiger partial charge is 0.261 e. The molecule has 2 aromatic rings. The lowest BCUT2D eigenvalue weighted by Crippen LogP contribution is -2.40. The van der Waals surface area contributed by atoms with Gasteiger partial charge in [-0.25, -0.2) is 4.98 Å². The summed E-state index contributed by atoms with van der Waals surface area (Å²) in [6.07, 6.45) is 10.1. The van der Waals surface area contributed by atoms with Crippen LogP contribution < -0.4 is 5.56 Å². The van der Waals surface area contributed by atoms with E-state index in [0.29, 0.717) is 36.7 Å². The number of benzene rings is 1. The molecule has 1 saturated heterocycles. The first-order valence-electron chi connectivity index (χ1n) is 10.9. The first-order valence-corrected chi connectivity index (χ1v) is 10.9. The van der Waals surface area contributed by atoms with Crippen molar-refractivity contribution < 1.29 is 4.79 Å². The highest BCUT2D eigenvalue weighted by molar-refractivity contribution is 5.77. The molecule has 1 aliphatic carbocycles. The summed E-state index contributed by atoms with van der Waals surface area (Å²) >= 11 is 0. The lowest BCUT2D eigenvalue weighted by Gasteiger charge is -2.34. The molecule has 0 unspecified atom stereocenters. The van der Waals surface area contributed by atoms with Gasteiger partial charge >= 0.3 is 0 Å². The average molecular weight is 382 g/mol. The molecule has 5 nitrogen and oxygen atoms in total. The predicted molar refractivity (Wildman–Crippen MR) is 111 cm³/mol. The second-order valence-electron chi connectivity index (χ2n) is 8.43. The fourth-order valence-corrected chi connectivity index (χ4v) is 5.19. The van der Waals surface area contributed by atoms with Crippen molar-refractivity contribution in [2.24, 2.45) is 5.92 Å². The van der Waals surface area contributed by atoms with E-state index < -0.39 is 0 Å². The molecule has 2 aliphatic rings. The van der Waals surface area contributed by atoms with Gasteiger partial charge in [0.05, 0.1) is 10.9 Å². The summed E-state index contributed by atoms with van der Waals surface area (Å²) in [6, 6.07) is 7.92. The highest BCUT2D eigenvalue weighted by Gasteiger charge is 2.34. The summed E-state index contributed by atoms with van der Waals surface area (Å²) in [4.78, 5) is 32.4. The van der Waals surface area contributed by atoms with E-state index in [2.05, 4.69) is 9.88 Å². The van der Waals surface area contributed by atoms with Crippen molar-refractivity contribution in [3.8, 4) is 0 Å². The number of aryl methyl sites for hydroxylation is 1. The first-order chi connectivity index (χ1) is 13.6. The van der Waals surface area contributed by atoms with Gasteiger partial charge in [0.1, 0.15) is 5.82 Å². The minimum atomic E-state index is -0.00296.